The van der Waals surface area contributed by atoms with E-state index in [1.807, 2.05) is 6.07 Å². The van der Waals surface area contributed by atoms with Crippen LogP contribution in [0.15, 0.2) is 29.3 Å². The van der Waals surface area contributed by atoms with Gasteiger partial charge in [-0.05, 0) is 37.1 Å². The fraction of sp³-hybridized carbons (Fsp3) is 0.333. The summed E-state index contributed by atoms with van der Waals surface area (Å²) in [6.45, 7) is 1.65. The number of likely N-dealkylation sites (tertiary alicyclic amines) is 1. The molecule has 4 rings (SSSR count). The highest BCUT2D eigenvalue weighted by Gasteiger charge is 2.40. The SMILES string of the molecule is N#Cc1ccc(C(=O)N2CCC3(CC2)CN=C(CC(=O)c2nc(Cl)c(N)nc2N)N3)cc1. The maximum absolute atomic E-state index is 12.8. The monoisotopic (exact) mass is 452 g/mol. The molecule has 0 radical (unpaired) electrons. The highest BCUT2D eigenvalue weighted by Crippen LogP contribution is 2.28. The number of nitrogen functional groups attached to an aromatic ring is 2. The quantitative estimate of drug-likeness (QED) is 0.586. The lowest BCUT2D eigenvalue weighted by Crippen LogP contribution is -2.55. The summed E-state index contributed by atoms with van der Waals surface area (Å²) in [6.07, 6.45) is 1.40. The van der Waals surface area contributed by atoms with Gasteiger partial charge in [0.05, 0.1) is 30.1 Å². The molecule has 11 heteroatoms. The Balaban J connectivity index is 1.34. The van der Waals surface area contributed by atoms with Crippen molar-refractivity contribution in [2.75, 3.05) is 31.1 Å². The van der Waals surface area contributed by atoms with Gasteiger partial charge in [-0.1, -0.05) is 11.6 Å². The van der Waals surface area contributed by atoms with Crippen molar-refractivity contribution in [3.05, 3.63) is 46.2 Å². The second kappa shape index (κ2) is 8.43. The van der Waals surface area contributed by atoms with Gasteiger partial charge in [0.1, 0.15) is 5.84 Å². The fourth-order valence-corrected chi connectivity index (χ4v) is 4.03. The smallest absolute Gasteiger partial charge is 0.253 e. The van der Waals surface area contributed by atoms with Crippen molar-refractivity contribution in [1.29, 1.82) is 5.26 Å². The van der Waals surface area contributed by atoms with Gasteiger partial charge in [0.15, 0.2) is 28.3 Å². The number of amidine groups is 1. The molecule has 0 atom stereocenters. The summed E-state index contributed by atoms with van der Waals surface area (Å²) in [6, 6.07) is 8.66. The topological polar surface area (TPSA) is 163 Å². The molecular formula is C21H21ClN8O2. The number of aromatic nitrogens is 2. The van der Waals surface area contributed by atoms with Crippen LogP contribution in [0.25, 0.3) is 0 Å². The number of nitriles is 1. The van der Waals surface area contributed by atoms with Crippen LogP contribution in [0.3, 0.4) is 0 Å². The summed E-state index contributed by atoms with van der Waals surface area (Å²) < 4.78 is 0. The van der Waals surface area contributed by atoms with E-state index in [1.165, 1.54) is 0 Å². The van der Waals surface area contributed by atoms with Gasteiger partial charge in [-0.25, -0.2) is 9.97 Å². The van der Waals surface area contributed by atoms with E-state index in [0.717, 1.165) is 0 Å². The lowest BCUT2D eigenvalue weighted by molar-refractivity contribution is 0.0668. The first-order chi connectivity index (χ1) is 15.3. The van der Waals surface area contributed by atoms with E-state index in [1.54, 1.807) is 29.2 Å². The van der Waals surface area contributed by atoms with Crippen LogP contribution < -0.4 is 16.8 Å². The number of nitrogens with zero attached hydrogens (tertiary/aromatic N) is 5. The summed E-state index contributed by atoms with van der Waals surface area (Å²) in [7, 11) is 0. The first-order valence-electron chi connectivity index (χ1n) is 10.0. The Bertz CT molecular complexity index is 1150. The molecule has 1 amide bonds. The van der Waals surface area contributed by atoms with Crippen LogP contribution in [0, 0.1) is 11.3 Å². The number of anilines is 2. The summed E-state index contributed by atoms with van der Waals surface area (Å²) in [5.74, 6) is 0.0377. The first-order valence-corrected chi connectivity index (χ1v) is 10.4. The third kappa shape index (κ3) is 4.20. The number of nitrogens with one attached hydrogen (secondary N) is 1. The van der Waals surface area contributed by atoms with Crippen molar-refractivity contribution < 1.29 is 9.59 Å². The number of carbonyl (C=O) groups is 2. The maximum Gasteiger partial charge on any atom is 0.253 e. The normalized spacial score (nSPS) is 16.9. The molecule has 1 aromatic carbocycles. The van der Waals surface area contributed by atoms with Crippen LogP contribution in [0.4, 0.5) is 11.6 Å². The number of benzene rings is 1. The van der Waals surface area contributed by atoms with E-state index in [-0.39, 0.29) is 46.1 Å². The van der Waals surface area contributed by atoms with Gasteiger partial charge in [0.2, 0.25) is 0 Å². The molecule has 32 heavy (non-hydrogen) atoms. The van der Waals surface area contributed by atoms with Crippen molar-refractivity contribution in [3.8, 4) is 6.07 Å². The van der Waals surface area contributed by atoms with Crippen LogP contribution in [0.5, 0.6) is 0 Å². The van der Waals surface area contributed by atoms with E-state index in [9.17, 15) is 9.59 Å². The van der Waals surface area contributed by atoms with Gasteiger partial charge in [0, 0.05) is 18.7 Å². The summed E-state index contributed by atoms with van der Waals surface area (Å²) in [5.41, 5.74) is 12.1. The maximum atomic E-state index is 12.8. The second-order valence-electron chi connectivity index (χ2n) is 7.88. The van der Waals surface area contributed by atoms with E-state index >= 15 is 0 Å². The number of halogens is 1. The Morgan fingerprint density at radius 3 is 2.50 bits per heavy atom. The molecule has 0 unspecified atom stereocenters. The van der Waals surface area contributed by atoms with Gasteiger partial charge >= 0.3 is 0 Å². The Morgan fingerprint density at radius 1 is 1.16 bits per heavy atom. The number of Topliss-reactive ketones (excluding diaryl/α,β-unsaturated/α-hetero) is 1. The average Bonchev–Trinajstić information content (AvgIpc) is 3.18. The van der Waals surface area contributed by atoms with E-state index < -0.39 is 0 Å². The molecule has 2 aliphatic heterocycles. The van der Waals surface area contributed by atoms with E-state index in [0.29, 0.717) is 49.4 Å². The number of nitrogens with two attached hydrogens (primary N) is 2. The molecule has 0 saturated carbocycles. The number of carbonyl (C=O) groups excluding carboxylic acids is 2. The standard InChI is InChI=1S/C21H21ClN8O2/c22-17-19(25)28-18(24)16(27-17)14(31)9-15-26-11-21(29-15)5-7-30(8-6-21)20(32)13-3-1-12(10-23)2-4-13/h1-4H,5-9,11H2,(H,26,29)(H4,24,25,28). The molecule has 2 aliphatic rings. The van der Waals surface area contributed by atoms with Gasteiger partial charge in [-0.2, -0.15) is 5.26 Å². The molecule has 1 saturated heterocycles. The Kier molecular flexibility index (Phi) is 5.67. The number of aliphatic imine (C=N–C) groups is 1. The van der Waals surface area contributed by atoms with Crippen LogP contribution >= 0.6 is 11.6 Å². The minimum absolute atomic E-state index is 0.00520. The van der Waals surface area contributed by atoms with Gasteiger partial charge in [0.25, 0.3) is 5.91 Å². The molecular weight excluding hydrogens is 432 g/mol. The lowest BCUT2D eigenvalue weighted by atomic mass is 9.88. The zero-order valence-electron chi connectivity index (χ0n) is 17.1. The molecule has 164 valence electrons. The van der Waals surface area contributed by atoms with Gasteiger partial charge in [-0.3, -0.25) is 14.6 Å². The molecule has 3 heterocycles. The summed E-state index contributed by atoms with van der Waals surface area (Å²) >= 11 is 5.86. The largest absolute Gasteiger partial charge is 0.382 e. The first kappa shape index (κ1) is 21.5. The van der Waals surface area contributed by atoms with Crippen molar-refractivity contribution in [2.45, 2.75) is 24.8 Å². The van der Waals surface area contributed by atoms with Crippen molar-refractivity contribution >= 4 is 40.8 Å². The van der Waals surface area contributed by atoms with Gasteiger partial charge in [-0.15, -0.1) is 0 Å². The van der Waals surface area contributed by atoms with Crippen LogP contribution in [-0.2, 0) is 0 Å². The fourth-order valence-electron chi connectivity index (χ4n) is 3.91. The second-order valence-corrected chi connectivity index (χ2v) is 8.24. The highest BCUT2D eigenvalue weighted by atomic mass is 35.5. The number of hydrogen-bond acceptors (Lipinski definition) is 9. The van der Waals surface area contributed by atoms with Crippen LogP contribution in [0.1, 0.15) is 45.7 Å². The zero-order chi connectivity index (χ0) is 22.9. The molecule has 10 nitrogen and oxygen atoms in total. The highest BCUT2D eigenvalue weighted by molar-refractivity contribution is 6.31. The molecule has 1 aromatic heterocycles. The molecule has 1 fully saturated rings. The third-order valence-electron chi connectivity index (χ3n) is 5.75. The van der Waals surface area contributed by atoms with Crippen LogP contribution in [0.2, 0.25) is 5.15 Å². The minimum Gasteiger partial charge on any atom is -0.382 e. The molecule has 0 aliphatic carbocycles. The Hall–Kier alpha value is -3.71. The number of hydrogen-bond donors (Lipinski definition) is 3. The Morgan fingerprint density at radius 2 is 1.84 bits per heavy atom. The van der Waals surface area contributed by atoms with Gasteiger partial charge < -0.3 is 21.7 Å². The van der Waals surface area contributed by atoms with E-state index in [2.05, 4.69) is 20.3 Å². The van der Waals surface area contributed by atoms with Crippen molar-refractivity contribution in [1.82, 2.24) is 20.2 Å². The van der Waals surface area contributed by atoms with Crippen molar-refractivity contribution in [3.63, 3.8) is 0 Å². The zero-order valence-corrected chi connectivity index (χ0v) is 17.9. The van der Waals surface area contributed by atoms with Crippen LogP contribution in [-0.4, -0.2) is 57.6 Å². The average molecular weight is 453 g/mol. The Labute approximate surface area is 189 Å². The predicted octanol–water partition coefficient (Wildman–Crippen LogP) is 1.42. The summed E-state index contributed by atoms with van der Waals surface area (Å²) in [4.78, 5) is 39.5. The summed E-state index contributed by atoms with van der Waals surface area (Å²) in [5, 5.41) is 12.2. The third-order valence-corrected chi connectivity index (χ3v) is 6.03. The molecule has 0 bridgehead atoms. The molecule has 1 spiro atoms. The lowest BCUT2D eigenvalue weighted by Gasteiger charge is -2.39. The van der Waals surface area contributed by atoms with E-state index in [4.69, 9.17) is 28.3 Å². The minimum atomic E-state index is -0.353. The molecule has 5 N–H and O–H groups in total. The predicted molar refractivity (Wildman–Crippen MR) is 119 cm³/mol. The number of piperidine rings is 1. The molecule has 2 aromatic rings. The number of ketones is 1. The number of amides is 1. The van der Waals surface area contributed by atoms with Crippen molar-refractivity contribution in [2.24, 2.45) is 4.99 Å². The number of rotatable bonds is 4.